The molecule has 0 aliphatic carbocycles. The number of hydrogen-bond acceptors (Lipinski definition) is 4. The lowest BCUT2D eigenvalue weighted by Crippen LogP contribution is -2.29. The van der Waals surface area contributed by atoms with Crippen molar-refractivity contribution in [1.29, 1.82) is 0 Å². The molecule has 0 N–H and O–H groups in total. The highest BCUT2D eigenvalue weighted by atomic mass is 35.5. The second-order valence-corrected chi connectivity index (χ2v) is 8.76. The minimum atomic E-state index is -0.549. The van der Waals surface area contributed by atoms with Crippen LogP contribution in [0.3, 0.4) is 0 Å². The van der Waals surface area contributed by atoms with Crippen molar-refractivity contribution in [2.75, 3.05) is 11.5 Å². The minimum Gasteiger partial charge on any atom is -0.462 e. The highest BCUT2D eigenvalue weighted by Gasteiger charge is 2.38. The number of esters is 1. The molecule has 0 fully saturated rings. The van der Waals surface area contributed by atoms with Gasteiger partial charge in [0.25, 0.3) is 11.8 Å². The Morgan fingerprint density at radius 2 is 1.50 bits per heavy atom. The summed E-state index contributed by atoms with van der Waals surface area (Å²) < 4.78 is 5.35. The van der Waals surface area contributed by atoms with Crippen LogP contribution in [-0.4, -0.2) is 24.4 Å². The first-order valence-electron chi connectivity index (χ1n) is 11.1. The van der Waals surface area contributed by atoms with E-state index < -0.39 is 17.8 Å². The van der Waals surface area contributed by atoms with E-state index in [0.717, 1.165) is 24.2 Å². The van der Waals surface area contributed by atoms with E-state index >= 15 is 0 Å². The lowest BCUT2D eigenvalue weighted by molar-refractivity contribution is 0.0497. The Kier molecular flexibility index (Phi) is 8.71. The van der Waals surface area contributed by atoms with Crippen LogP contribution in [0.1, 0.15) is 89.4 Å². The van der Waals surface area contributed by atoms with Crippen LogP contribution in [0.2, 0.25) is 10.0 Å². The van der Waals surface area contributed by atoms with Crippen LogP contribution in [0, 0.1) is 0 Å². The van der Waals surface area contributed by atoms with Crippen LogP contribution in [0.4, 0.5) is 5.69 Å². The van der Waals surface area contributed by atoms with Crippen LogP contribution < -0.4 is 4.90 Å². The number of carbonyl (C=O) groups is 3. The molecule has 2 aromatic carbocycles. The number of anilines is 1. The maximum absolute atomic E-state index is 12.9. The van der Waals surface area contributed by atoms with Gasteiger partial charge in [0.05, 0.1) is 34.0 Å². The fourth-order valence-electron chi connectivity index (χ4n) is 3.73. The van der Waals surface area contributed by atoms with Crippen molar-refractivity contribution in [2.24, 2.45) is 0 Å². The van der Waals surface area contributed by atoms with E-state index in [4.69, 9.17) is 27.9 Å². The molecule has 0 spiro atoms. The zero-order valence-corrected chi connectivity index (χ0v) is 19.7. The highest BCUT2D eigenvalue weighted by molar-refractivity contribution is 6.41. The Bertz CT molecular complexity index is 1010. The average Bonchev–Trinajstić information content (AvgIpc) is 3.03. The van der Waals surface area contributed by atoms with E-state index in [1.165, 1.54) is 62.4 Å². The first kappa shape index (κ1) is 24.3. The quantitative estimate of drug-likeness (QED) is 0.197. The molecule has 2 aromatic rings. The van der Waals surface area contributed by atoms with Crippen LogP contribution >= 0.6 is 23.2 Å². The maximum atomic E-state index is 12.9. The van der Waals surface area contributed by atoms with E-state index in [2.05, 4.69) is 6.92 Å². The number of nitrogens with zero attached hydrogens (tertiary/aromatic N) is 1. The Morgan fingerprint density at radius 1 is 0.844 bits per heavy atom. The van der Waals surface area contributed by atoms with Crippen molar-refractivity contribution < 1.29 is 19.1 Å². The van der Waals surface area contributed by atoms with E-state index in [-0.39, 0.29) is 27.4 Å². The number of rotatable bonds is 11. The number of unbranched alkanes of at least 4 members (excludes halogenated alkanes) is 7. The van der Waals surface area contributed by atoms with Crippen LogP contribution in [0.15, 0.2) is 36.4 Å². The van der Waals surface area contributed by atoms with Crippen molar-refractivity contribution in [1.82, 2.24) is 0 Å². The molecule has 1 heterocycles. The van der Waals surface area contributed by atoms with Crippen LogP contribution in [-0.2, 0) is 4.74 Å². The van der Waals surface area contributed by atoms with Gasteiger partial charge in [-0.05, 0) is 42.8 Å². The molecule has 1 aliphatic heterocycles. The molecule has 0 atom stereocenters. The number of fused-ring (bicyclic) bond motifs is 1. The molecular formula is C25H27Cl2NO4. The number of carbonyl (C=O) groups excluding carboxylic acids is 3. The van der Waals surface area contributed by atoms with Gasteiger partial charge in [-0.15, -0.1) is 0 Å². The first-order valence-corrected chi connectivity index (χ1v) is 11.8. The second-order valence-electron chi connectivity index (χ2n) is 7.91. The molecule has 0 radical (unpaired) electrons. The molecule has 170 valence electrons. The van der Waals surface area contributed by atoms with Gasteiger partial charge in [-0.25, -0.2) is 9.69 Å². The summed E-state index contributed by atoms with van der Waals surface area (Å²) in [5.74, 6) is -1.56. The van der Waals surface area contributed by atoms with Gasteiger partial charge in [0.15, 0.2) is 0 Å². The number of amides is 2. The van der Waals surface area contributed by atoms with Gasteiger partial charge in [-0.1, -0.05) is 75.1 Å². The predicted octanol–water partition coefficient (Wildman–Crippen LogP) is 7.09. The lowest BCUT2D eigenvalue weighted by Gasteiger charge is -2.15. The summed E-state index contributed by atoms with van der Waals surface area (Å²) >= 11 is 12.2. The minimum absolute atomic E-state index is 0.146. The van der Waals surface area contributed by atoms with Gasteiger partial charge in [0, 0.05) is 5.02 Å². The Labute approximate surface area is 198 Å². The van der Waals surface area contributed by atoms with Crippen LogP contribution in [0.25, 0.3) is 0 Å². The van der Waals surface area contributed by atoms with Crippen molar-refractivity contribution in [2.45, 2.75) is 58.3 Å². The van der Waals surface area contributed by atoms with Crippen molar-refractivity contribution >= 4 is 46.7 Å². The van der Waals surface area contributed by atoms with E-state index in [0.29, 0.717) is 11.6 Å². The summed E-state index contributed by atoms with van der Waals surface area (Å²) in [5, 5.41) is 0.583. The lowest BCUT2D eigenvalue weighted by atomic mass is 10.1. The summed E-state index contributed by atoms with van der Waals surface area (Å²) in [6, 6.07) is 8.95. The summed E-state index contributed by atoms with van der Waals surface area (Å²) in [7, 11) is 0. The molecule has 0 aromatic heterocycles. The maximum Gasteiger partial charge on any atom is 0.338 e. The zero-order chi connectivity index (χ0) is 23.1. The fourth-order valence-corrected chi connectivity index (χ4v) is 4.10. The number of ether oxygens (including phenoxy) is 1. The smallest absolute Gasteiger partial charge is 0.338 e. The summed E-state index contributed by atoms with van der Waals surface area (Å²) in [4.78, 5) is 39.1. The standard InChI is InChI=1S/C25H27Cl2NO4/c1-2-3-4-5-6-7-8-9-14-32-25(31)17-10-12-19-20(15-17)24(30)28(23(19)29)22-16-18(26)11-13-21(22)27/h10-13,15-16H,2-9,14H2,1H3. The van der Waals surface area contributed by atoms with Gasteiger partial charge in [0.1, 0.15) is 0 Å². The van der Waals surface area contributed by atoms with Crippen molar-refractivity contribution in [3.8, 4) is 0 Å². The van der Waals surface area contributed by atoms with E-state index in [1.54, 1.807) is 6.07 Å². The van der Waals surface area contributed by atoms with Crippen molar-refractivity contribution in [3.05, 3.63) is 63.1 Å². The third kappa shape index (κ3) is 5.70. The number of halogens is 2. The van der Waals surface area contributed by atoms with Gasteiger partial charge in [0.2, 0.25) is 0 Å². The van der Waals surface area contributed by atoms with Gasteiger partial charge in [-0.2, -0.15) is 0 Å². The molecule has 7 heteroatoms. The van der Waals surface area contributed by atoms with Crippen LogP contribution in [0.5, 0.6) is 0 Å². The Hall–Kier alpha value is -2.37. The summed E-state index contributed by atoms with van der Waals surface area (Å²) in [5.41, 5.74) is 0.811. The SMILES string of the molecule is CCCCCCCCCCOC(=O)c1ccc2c(c1)C(=O)N(c1cc(Cl)ccc1Cl)C2=O. The van der Waals surface area contributed by atoms with Gasteiger partial charge >= 0.3 is 5.97 Å². The molecule has 32 heavy (non-hydrogen) atoms. The molecule has 0 saturated heterocycles. The molecule has 2 amide bonds. The molecule has 1 aliphatic rings. The first-order chi connectivity index (χ1) is 15.4. The fraction of sp³-hybridized carbons (Fsp3) is 0.400. The number of hydrogen-bond donors (Lipinski definition) is 0. The molecule has 0 saturated carbocycles. The highest BCUT2D eigenvalue weighted by Crippen LogP contribution is 2.35. The third-order valence-corrected chi connectivity index (χ3v) is 6.06. The van der Waals surface area contributed by atoms with Gasteiger partial charge in [-0.3, -0.25) is 9.59 Å². The molecular weight excluding hydrogens is 449 g/mol. The monoisotopic (exact) mass is 475 g/mol. The molecule has 5 nitrogen and oxygen atoms in total. The van der Waals surface area contributed by atoms with E-state index in [9.17, 15) is 14.4 Å². The largest absolute Gasteiger partial charge is 0.462 e. The second kappa shape index (κ2) is 11.5. The summed E-state index contributed by atoms with van der Waals surface area (Å²) in [6.07, 6.45) is 9.25. The molecule has 0 unspecified atom stereocenters. The Morgan fingerprint density at radius 3 is 2.22 bits per heavy atom. The topological polar surface area (TPSA) is 63.7 Å². The van der Waals surface area contributed by atoms with E-state index in [1.807, 2.05) is 0 Å². The van der Waals surface area contributed by atoms with Crippen molar-refractivity contribution in [3.63, 3.8) is 0 Å². The predicted molar refractivity (Wildman–Crippen MR) is 127 cm³/mol. The van der Waals surface area contributed by atoms with Gasteiger partial charge < -0.3 is 4.74 Å². The normalized spacial score (nSPS) is 12.9. The number of imide groups is 1. The number of benzene rings is 2. The summed E-state index contributed by atoms with van der Waals surface area (Å²) in [6.45, 7) is 2.54. The Balaban J connectivity index is 1.57. The third-order valence-electron chi connectivity index (χ3n) is 5.50. The molecule has 3 rings (SSSR count). The average molecular weight is 476 g/mol. The zero-order valence-electron chi connectivity index (χ0n) is 18.2. The molecule has 0 bridgehead atoms.